The van der Waals surface area contributed by atoms with Gasteiger partial charge in [0.25, 0.3) is 5.96 Å². The van der Waals surface area contributed by atoms with Crippen molar-refractivity contribution >= 4 is 12.2 Å². The van der Waals surface area contributed by atoms with E-state index in [-0.39, 0.29) is 5.96 Å². The normalized spacial score (nSPS) is 11.9. The molecule has 0 heterocycles. The van der Waals surface area contributed by atoms with Gasteiger partial charge in [-0.15, -0.1) is 0 Å². The minimum absolute atomic E-state index is 0.327. The van der Waals surface area contributed by atoms with Crippen molar-refractivity contribution in [2.45, 2.75) is 19.8 Å². The molecule has 0 saturated heterocycles. The maximum Gasteiger partial charge on any atom is 0.286 e. The van der Waals surface area contributed by atoms with Crippen LogP contribution in [0.4, 0.5) is 0 Å². The van der Waals surface area contributed by atoms with Gasteiger partial charge in [0.2, 0.25) is 0 Å². The van der Waals surface area contributed by atoms with Crippen molar-refractivity contribution in [3.8, 4) is 0 Å². The molecule has 0 unspecified atom stereocenters. The summed E-state index contributed by atoms with van der Waals surface area (Å²) in [5.74, 6) is -0.327. The Kier molecular flexibility index (Phi) is 5.24. The largest absolute Gasteiger partial charge is 0.363 e. The number of hydrogen-bond acceptors (Lipinski definition) is 3. The van der Waals surface area contributed by atoms with E-state index in [0.29, 0.717) is 0 Å². The molecule has 0 bridgehead atoms. The summed E-state index contributed by atoms with van der Waals surface area (Å²) in [7, 11) is 0. The summed E-state index contributed by atoms with van der Waals surface area (Å²) in [5, 5.41) is 15.2. The van der Waals surface area contributed by atoms with Crippen LogP contribution >= 0.6 is 0 Å². The average Bonchev–Trinajstić information content (AvgIpc) is 1.97. The van der Waals surface area contributed by atoms with Crippen molar-refractivity contribution < 1.29 is 5.03 Å². The molecule has 0 fully saturated rings. The molecule has 0 aliphatic rings. The van der Waals surface area contributed by atoms with E-state index in [1.54, 1.807) is 6.21 Å². The predicted octanol–water partition coefficient (Wildman–Crippen LogP) is -0.132. The van der Waals surface area contributed by atoms with Gasteiger partial charge in [-0.25, -0.2) is 15.5 Å². The van der Waals surface area contributed by atoms with Gasteiger partial charge in [0.05, 0.1) is 0 Å². The van der Waals surface area contributed by atoms with Gasteiger partial charge in [-0.3, -0.25) is 0 Å². The van der Waals surface area contributed by atoms with Crippen LogP contribution in [0.5, 0.6) is 0 Å². The highest BCUT2D eigenvalue weighted by molar-refractivity contribution is 5.77. The summed E-state index contributed by atoms with van der Waals surface area (Å²) in [4.78, 5) is 9.74. The molecule has 0 amide bonds. The van der Waals surface area contributed by atoms with Crippen LogP contribution < -0.4 is 11.2 Å². The minimum Gasteiger partial charge on any atom is -0.363 e. The van der Waals surface area contributed by atoms with Crippen LogP contribution in [0.25, 0.3) is 0 Å². The Morgan fingerprint density at radius 3 is 3.00 bits per heavy atom. The molecule has 0 aromatic heterocycles. The molecule has 0 aliphatic carbocycles. The molecule has 0 aromatic carbocycles. The van der Waals surface area contributed by atoms with Crippen LogP contribution in [0.2, 0.25) is 0 Å². The molecule has 0 aromatic rings. The first kappa shape index (κ1) is 10.3. The molecular weight excluding hydrogens is 162 g/mol. The third-order valence-electron chi connectivity index (χ3n) is 0.878. The van der Waals surface area contributed by atoms with E-state index in [1.165, 1.54) is 0 Å². The van der Waals surface area contributed by atoms with Gasteiger partial charge in [0.15, 0.2) is 5.03 Å². The van der Waals surface area contributed by atoms with Crippen LogP contribution in [-0.2, 0) is 0 Å². The SMILES string of the molecule is CCC/C=N/N/C(N)=N\[N+](=O)[O-]. The number of nitrogens with one attached hydrogen (secondary N) is 1. The standard InChI is InChI=1S/C5H11N5O2/c1-2-3-4-7-8-5(6)9-10(11)12/h4H,2-3H2,1H3,(H3,6,8,9)/b7-4+. The van der Waals surface area contributed by atoms with Gasteiger partial charge in [0.1, 0.15) is 5.10 Å². The smallest absolute Gasteiger partial charge is 0.286 e. The number of rotatable bonds is 4. The van der Waals surface area contributed by atoms with Gasteiger partial charge >= 0.3 is 0 Å². The van der Waals surface area contributed by atoms with Gasteiger partial charge in [-0.05, 0) is 6.42 Å². The maximum atomic E-state index is 9.74. The van der Waals surface area contributed by atoms with Gasteiger partial charge in [0, 0.05) is 6.21 Å². The monoisotopic (exact) mass is 173 g/mol. The summed E-state index contributed by atoms with van der Waals surface area (Å²) < 4.78 is 0. The summed E-state index contributed by atoms with van der Waals surface area (Å²) >= 11 is 0. The molecule has 0 spiro atoms. The maximum absolute atomic E-state index is 9.74. The fourth-order valence-corrected chi connectivity index (χ4v) is 0.416. The first-order chi connectivity index (χ1) is 5.66. The van der Waals surface area contributed by atoms with Crippen molar-refractivity contribution in [3.63, 3.8) is 0 Å². The second-order valence-electron chi connectivity index (χ2n) is 1.94. The Morgan fingerprint density at radius 1 is 1.83 bits per heavy atom. The number of hydrazone groups is 2. The molecule has 7 heteroatoms. The minimum atomic E-state index is -0.891. The van der Waals surface area contributed by atoms with Gasteiger partial charge in [-0.1, -0.05) is 13.3 Å². The van der Waals surface area contributed by atoms with Crippen molar-refractivity contribution in [1.29, 1.82) is 0 Å². The highest BCUT2D eigenvalue weighted by Gasteiger charge is 1.94. The molecule has 0 radical (unpaired) electrons. The van der Waals surface area contributed by atoms with E-state index in [2.05, 4.69) is 15.6 Å². The van der Waals surface area contributed by atoms with Crippen LogP contribution in [0, 0.1) is 10.1 Å². The Hall–Kier alpha value is -1.66. The highest BCUT2D eigenvalue weighted by Crippen LogP contribution is 1.78. The van der Waals surface area contributed by atoms with Crippen LogP contribution in [0.3, 0.4) is 0 Å². The average molecular weight is 173 g/mol. The zero-order valence-corrected chi connectivity index (χ0v) is 6.73. The Balaban J connectivity index is 3.70. The summed E-state index contributed by atoms with van der Waals surface area (Å²) in [6, 6.07) is 0. The van der Waals surface area contributed by atoms with E-state index in [9.17, 15) is 10.1 Å². The topological polar surface area (TPSA) is 106 Å². The number of guanidine groups is 1. The zero-order valence-electron chi connectivity index (χ0n) is 6.73. The number of hydrogen-bond donors (Lipinski definition) is 2. The number of nitrogens with two attached hydrogens (primary N) is 1. The third kappa shape index (κ3) is 6.46. The van der Waals surface area contributed by atoms with Gasteiger partial charge < -0.3 is 5.73 Å². The van der Waals surface area contributed by atoms with Crippen molar-refractivity contribution in [1.82, 2.24) is 5.43 Å². The Morgan fingerprint density at radius 2 is 2.50 bits per heavy atom. The lowest BCUT2D eigenvalue weighted by molar-refractivity contribution is -0.485. The lowest BCUT2D eigenvalue weighted by Crippen LogP contribution is -2.28. The quantitative estimate of drug-likeness (QED) is 0.267. The molecule has 0 saturated carbocycles. The summed E-state index contributed by atoms with van der Waals surface area (Å²) in [6.45, 7) is 1.99. The zero-order chi connectivity index (χ0) is 9.40. The molecular formula is C5H11N5O2. The summed E-state index contributed by atoms with van der Waals surface area (Å²) in [5.41, 5.74) is 7.24. The molecule has 68 valence electrons. The van der Waals surface area contributed by atoms with E-state index < -0.39 is 5.03 Å². The molecule has 7 nitrogen and oxygen atoms in total. The van der Waals surface area contributed by atoms with Crippen molar-refractivity contribution in [2.24, 2.45) is 15.9 Å². The van der Waals surface area contributed by atoms with E-state index in [0.717, 1.165) is 12.8 Å². The molecule has 0 aliphatic heterocycles. The van der Waals surface area contributed by atoms with Gasteiger partial charge in [-0.2, -0.15) is 5.10 Å². The lowest BCUT2D eigenvalue weighted by Gasteiger charge is -1.91. The third-order valence-corrected chi connectivity index (χ3v) is 0.878. The molecule has 12 heavy (non-hydrogen) atoms. The van der Waals surface area contributed by atoms with E-state index in [1.807, 2.05) is 6.92 Å². The Bertz CT molecular complexity index is 200. The second kappa shape index (κ2) is 6.08. The lowest BCUT2D eigenvalue weighted by atomic mass is 10.4. The fourth-order valence-electron chi connectivity index (χ4n) is 0.416. The summed E-state index contributed by atoms with van der Waals surface area (Å²) in [6.07, 6.45) is 3.32. The first-order valence-corrected chi connectivity index (χ1v) is 3.42. The van der Waals surface area contributed by atoms with Crippen molar-refractivity contribution in [2.75, 3.05) is 0 Å². The first-order valence-electron chi connectivity index (χ1n) is 3.42. The predicted molar refractivity (Wildman–Crippen MR) is 45.2 cm³/mol. The fraction of sp³-hybridized carbons (Fsp3) is 0.600. The Labute approximate surface area is 69.5 Å². The second-order valence-corrected chi connectivity index (χ2v) is 1.94. The highest BCUT2D eigenvalue weighted by atomic mass is 16.7. The van der Waals surface area contributed by atoms with Crippen LogP contribution in [0.1, 0.15) is 19.8 Å². The van der Waals surface area contributed by atoms with E-state index in [4.69, 9.17) is 5.73 Å². The van der Waals surface area contributed by atoms with Crippen molar-refractivity contribution in [3.05, 3.63) is 10.1 Å². The molecule has 0 atom stereocenters. The number of nitrogens with zero attached hydrogens (tertiary/aromatic N) is 3. The van der Waals surface area contributed by atoms with Crippen LogP contribution in [0.15, 0.2) is 10.2 Å². The number of nitro groups is 1. The molecule has 3 N–H and O–H groups in total. The number of unbranched alkanes of at least 4 members (excludes halogenated alkanes) is 1. The van der Waals surface area contributed by atoms with E-state index >= 15 is 0 Å². The molecule has 0 rings (SSSR count). The van der Waals surface area contributed by atoms with Crippen LogP contribution in [-0.4, -0.2) is 17.2 Å².